The van der Waals surface area contributed by atoms with Crippen LogP contribution in [0.15, 0.2) is 54.9 Å². The first kappa shape index (κ1) is 21.7. The van der Waals surface area contributed by atoms with Gasteiger partial charge in [-0.3, -0.25) is 9.78 Å². The molecule has 0 saturated heterocycles. The van der Waals surface area contributed by atoms with Crippen LogP contribution < -0.4 is 0 Å². The highest BCUT2D eigenvalue weighted by Crippen LogP contribution is 2.76. The van der Waals surface area contributed by atoms with Gasteiger partial charge in [0.1, 0.15) is 6.10 Å². The maximum absolute atomic E-state index is 11.6. The summed E-state index contributed by atoms with van der Waals surface area (Å²) in [6, 6.07) is 4.27. The van der Waals surface area contributed by atoms with Crippen LogP contribution in [-0.2, 0) is 9.53 Å². The number of nitrogens with zero attached hydrogens (tertiary/aromatic N) is 1. The molecule has 0 bridgehead atoms. The number of ether oxygens (including phenoxy) is 1. The van der Waals surface area contributed by atoms with Gasteiger partial charge in [0.15, 0.2) is 0 Å². The Kier molecular flexibility index (Phi) is 4.86. The van der Waals surface area contributed by atoms with Crippen molar-refractivity contribution in [3.63, 3.8) is 0 Å². The van der Waals surface area contributed by atoms with E-state index in [4.69, 9.17) is 4.74 Å². The van der Waals surface area contributed by atoms with Gasteiger partial charge in [0, 0.05) is 36.6 Å². The first-order valence-electron chi connectivity index (χ1n) is 12.3. The molecule has 6 atom stereocenters. The second-order valence-corrected chi connectivity index (χ2v) is 11.4. The van der Waals surface area contributed by atoms with Crippen LogP contribution in [0.2, 0.25) is 0 Å². The van der Waals surface area contributed by atoms with Crippen LogP contribution in [0.3, 0.4) is 0 Å². The van der Waals surface area contributed by atoms with E-state index in [1.807, 2.05) is 12.4 Å². The fourth-order valence-electron chi connectivity index (χ4n) is 8.40. The third-order valence-corrected chi connectivity index (χ3v) is 10.5. The number of hydrogen-bond acceptors (Lipinski definition) is 3. The maximum atomic E-state index is 11.6. The molecule has 4 aliphatic rings. The summed E-state index contributed by atoms with van der Waals surface area (Å²) in [5.41, 5.74) is 4.76. The topological polar surface area (TPSA) is 39.2 Å². The van der Waals surface area contributed by atoms with Crippen molar-refractivity contribution in [2.75, 3.05) is 0 Å². The minimum Gasteiger partial charge on any atom is -0.462 e. The molecule has 6 unspecified atom stereocenters. The molecular formula is C29H37NO2. The normalized spacial score (nSPS) is 42.6. The van der Waals surface area contributed by atoms with Crippen molar-refractivity contribution in [2.45, 2.75) is 78.7 Å². The van der Waals surface area contributed by atoms with Crippen LogP contribution >= 0.6 is 0 Å². The first-order valence-corrected chi connectivity index (χ1v) is 12.3. The van der Waals surface area contributed by atoms with Gasteiger partial charge in [0.05, 0.1) is 0 Å². The van der Waals surface area contributed by atoms with Gasteiger partial charge < -0.3 is 4.74 Å². The van der Waals surface area contributed by atoms with Gasteiger partial charge in [-0.15, -0.1) is 6.58 Å². The molecule has 5 rings (SSSR count). The molecule has 0 aromatic carbocycles. The van der Waals surface area contributed by atoms with Crippen LogP contribution in [0.25, 0.3) is 5.57 Å². The second kappa shape index (κ2) is 7.17. The number of rotatable bonds is 3. The molecule has 0 amide bonds. The Morgan fingerprint density at radius 1 is 1.19 bits per heavy atom. The monoisotopic (exact) mass is 431 g/mol. The largest absolute Gasteiger partial charge is 0.462 e. The van der Waals surface area contributed by atoms with E-state index in [1.54, 1.807) is 0 Å². The zero-order valence-electron chi connectivity index (χ0n) is 20.1. The first-order chi connectivity index (χ1) is 15.2. The average molecular weight is 432 g/mol. The van der Waals surface area contributed by atoms with Crippen molar-refractivity contribution >= 4 is 11.5 Å². The molecule has 0 radical (unpaired) electrons. The van der Waals surface area contributed by atoms with E-state index in [0.29, 0.717) is 5.92 Å². The number of allylic oxidation sites excluding steroid dienone is 4. The lowest BCUT2D eigenvalue weighted by molar-refractivity contribution is -0.153. The quantitative estimate of drug-likeness (QED) is 0.385. The summed E-state index contributed by atoms with van der Waals surface area (Å²) >= 11 is 0. The molecule has 1 heterocycles. The van der Waals surface area contributed by atoms with Gasteiger partial charge in [-0.25, -0.2) is 0 Å². The summed E-state index contributed by atoms with van der Waals surface area (Å²) in [4.78, 5) is 16.0. The Morgan fingerprint density at radius 3 is 2.69 bits per heavy atom. The van der Waals surface area contributed by atoms with Crippen molar-refractivity contribution in [3.8, 4) is 0 Å². The number of fused-ring (bicyclic) bond motifs is 5. The zero-order chi connectivity index (χ0) is 22.8. The molecule has 2 fully saturated rings. The summed E-state index contributed by atoms with van der Waals surface area (Å²) in [6.07, 6.45) is 18.7. The van der Waals surface area contributed by atoms with E-state index in [0.717, 1.165) is 32.1 Å². The van der Waals surface area contributed by atoms with E-state index >= 15 is 0 Å². The van der Waals surface area contributed by atoms with Gasteiger partial charge in [-0.05, 0) is 72.5 Å². The standard InChI is InChI=1S/C29H37NO2/c1-6-29-14-12-24(21-8-7-17-30-19-21)27(29,4)15-16-28(5)25(29)10-9-22-18-23(32-20(2)31)11-13-26(22,28)3/h6-9,12,17,19,23,25H,1,10-11,13-16,18H2,2-5H3. The Balaban J connectivity index is 1.54. The molecular weight excluding hydrogens is 394 g/mol. The predicted octanol–water partition coefficient (Wildman–Crippen LogP) is 6.92. The van der Waals surface area contributed by atoms with E-state index < -0.39 is 0 Å². The van der Waals surface area contributed by atoms with Crippen molar-refractivity contribution in [3.05, 3.63) is 60.5 Å². The molecule has 0 N–H and O–H groups in total. The second-order valence-electron chi connectivity index (χ2n) is 11.4. The van der Waals surface area contributed by atoms with Crippen molar-refractivity contribution in [2.24, 2.45) is 27.6 Å². The lowest BCUT2D eigenvalue weighted by Crippen LogP contribution is -2.60. The minimum atomic E-state index is -0.155. The molecule has 0 spiro atoms. The number of esters is 1. The molecule has 170 valence electrons. The highest BCUT2D eigenvalue weighted by atomic mass is 16.5. The highest BCUT2D eigenvalue weighted by Gasteiger charge is 2.67. The zero-order valence-corrected chi connectivity index (χ0v) is 20.1. The molecule has 0 aliphatic heterocycles. The lowest BCUT2D eigenvalue weighted by Gasteiger charge is -2.67. The minimum absolute atomic E-state index is 0.0412. The number of pyridine rings is 1. The molecule has 3 nitrogen and oxygen atoms in total. The molecule has 32 heavy (non-hydrogen) atoms. The third kappa shape index (κ3) is 2.66. The summed E-state index contributed by atoms with van der Waals surface area (Å²) in [6.45, 7) is 13.5. The molecule has 3 heteroatoms. The summed E-state index contributed by atoms with van der Waals surface area (Å²) in [5, 5.41) is 0. The molecule has 1 aromatic heterocycles. The Bertz CT molecular complexity index is 1010. The van der Waals surface area contributed by atoms with Crippen LogP contribution in [-0.4, -0.2) is 17.1 Å². The van der Waals surface area contributed by atoms with Gasteiger partial charge in [0.2, 0.25) is 0 Å². The highest BCUT2D eigenvalue weighted by molar-refractivity contribution is 5.74. The molecule has 1 aromatic rings. The van der Waals surface area contributed by atoms with E-state index in [1.165, 1.54) is 36.5 Å². The van der Waals surface area contributed by atoms with Gasteiger partial charge in [0.25, 0.3) is 0 Å². The van der Waals surface area contributed by atoms with Crippen LogP contribution in [0.5, 0.6) is 0 Å². The molecule has 4 aliphatic carbocycles. The van der Waals surface area contributed by atoms with Crippen molar-refractivity contribution in [1.82, 2.24) is 4.98 Å². The SMILES string of the molecule is C=CC12CC=C(c3cccnc3)C1(C)CCC1(C)C2CC=C2CC(OC(C)=O)CCC21C. The third-order valence-electron chi connectivity index (χ3n) is 10.5. The van der Waals surface area contributed by atoms with Crippen LogP contribution in [0.1, 0.15) is 78.2 Å². The summed E-state index contributed by atoms with van der Waals surface area (Å²) < 4.78 is 5.63. The fraction of sp³-hybridized carbons (Fsp3) is 0.586. The van der Waals surface area contributed by atoms with E-state index in [9.17, 15) is 4.79 Å². The summed E-state index contributed by atoms with van der Waals surface area (Å²) in [7, 11) is 0. The smallest absolute Gasteiger partial charge is 0.302 e. The Labute approximate surface area is 193 Å². The van der Waals surface area contributed by atoms with Crippen molar-refractivity contribution < 1.29 is 9.53 Å². The number of aromatic nitrogens is 1. The molecule has 2 saturated carbocycles. The van der Waals surface area contributed by atoms with Crippen molar-refractivity contribution in [1.29, 1.82) is 0 Å². The van der Waals surface area contributed by atoms with Gasteiger partial charge in [-0.2, -0.15) is 0 Å². The van der Waals surface area contributed by atoms with E-state index in [-0.39, 0.29) is 33.7 Å². The predicted molar refractivity (Wildman–Crippen MR) is 129 cm³/mol. The van der Waals surface area contributed by atoms with Gasteiger partial charge in [-0.1, -0.05) is 50.6 Å². The van der Waals surface area contributed by atoms with E-state index in [2.05, 4.69) is 62.7 Å². The Hall–Kier alpha value is -2.16. The fourth-order valence-corrected chi connectivity index (χ4v) is 8.40. The number of hydrogen-bond donors (Lipinski definition) is 0. The Morgan fingerprint density at radius 2 is 2.00 bits per heavy atom. The number of carbonyl (C=O) groups excluding carboxylic acids is 1. The average Bonchev–Trinajstić information content (AvgIpc) is 3.08. The maximum Gasteiger partial charge on any atom is 0.302 e. The van der Waals surface area contributed by atoms with Gasteiger partial charge >= 0.3 is 5.97 Å². The van der Waals surface area contributed by atoms with Crippen LogP contribution in [0.4, 0.5) is 0 Å². The number of carbonyl (C=O) groups is 1. The summed E-state index contributed by atoms with van der Waals surface area (Å²) in [5.74, 6) is 0.397. The van der Waals surface area contributed by atoms with Crippen LogP contribution in [0, 0.1) is 27.6 Å². The lowest BCUT2D eigenvalue weighted by atomic mass is 9.36.